The molecule has 4 aliphatic heterocycles. The Morgan fingerprint density at radius 1 is 0.564 bits per heavy atom. The van der Waals surface area contributed by atoms with Crippen LogP contribution < -0.4 is 24.4 Å². The summed E-state index contributed by atoms with van der Waals surface area (Å²) in [6, 6.07) is 11.1. The smallest absolute Gasteiger partial charge is 0.330 e. The number of aliphatic hydroxyl groups excluding tert-OH is 14. The minimum Gasteiger partial charge on any atom is -0.507 e. The number of rotatable bonds is 17. The summed E-state index contributed by atoms with van der Waals surface area (Å²) in [5, 5.41) is 167. The molecule has 78 heavy (non-hydrogen) atoms. The molecule has 5 heterocycles. The number of esters is 1. The first-order valence-electron chi connectivity index (χ1n) is 23.9. The molecule has 16 N–H and O–H groups in total. The average molecular weight is 1110 g/mol. The zero-order chi connectivity index (χ0) is 56.4. The summed E-state index contributed by atoms with van der Waals surface area (Å²) in [4.78, 5) is 27.3. The van der Waals surface area contributed by atoms with Gasteiger partial charge in [0.25, 0.3) is 0 Å². The van der Waals surface area contributed by atoms with E-state index in [9.17, 15) is 91.3 Å². The first kappa shape index (κ1) is 58.3. The Labute approximate surface area is 439 Å². The van der Waals surface area contributed by atoms with Gasteiger partial charge in [-0.25, -0.2) is 4.79 Å². The molecule has 4 aliphatic rings. The molecule has 29 heteroatoms. The quantitative estimate of drug-likeness (QED) is 0.0346. The lowest BCUT2D eigenvalue weighted by atomic mass is 9.97. The standard InChI is InChI=1S/C49H58O29/c1-68-23-10-17(2-8-21(23)53)3-9-29(55)69-16-28-33(58)37(62)41(66)49(76-28)78-45-34(59)30-22(54)11-20(71-47-42(67)38(63)44(27(15-52)75-47)77-48-40(65)36(61)32(57)26(14-51)74-48)12-24(30)72-43(45)18-4-6-19(7-5-18)70-46-39(64)35(60)31(56)25(13-50)73-46/h2-12,25-28,31-33,35-42,44,46-54,56-58,60-67H,13-16H2,1H3. The number of hydrogen-bond acceptors (Lipinski definition) is 29. The van der Waals surface area contributed by atoms with Gasteiger partial charge in [-0.15, -0.1) is 0 Å². The maximum atomic E-state index is 14.6. The minimum absolute atomic E-state index is 0.0456. The van der Waals surface area contributed by atoms with Crippen LogP contribution in [0, 0.1) is 0 Å². The van der Waals surface area contributed by atoms with Gasteiger partial charge < -0.3 is 133 Å². The topological polar surface area (TPSA) is 463 Å². The third-order valence-corrected chi connectivity index (χ3v) is 13.2. The van der Waals surface area contributed by atoms with E-state index in [4.69, 9.17) is 51.8 Å². The lowest BCUT2D eigenvalue weighted by molar-refractivity contribution is -0.352. The van der Waals surface area contributed by atoms with Gasteiger partial charge in [0.15, 0.2) is 23.5 Å². The Balaban J connectivity index is 1.08. The Morgan fingerprint density at radius 3 is 1.69 bits per heavy atom. The fourth-order valence-electron chi connectivity index (χ4n) is 8.84. The molecule has 4 fully saturated rings. The maximum absolute atomic E-state index is 14.6. The summed E-state index contributed by atoms with van der Waals surface area (Å²) in [6.07, 6.45) is -33.8. The van der Waals surface area contributed by atoms with E-state index in [2.05, 4.69) is 0 Å². The Kier molecular flexibility index (Phi) is 18.4. The van der Waals surface area contributed by atoms with Crippen LogP contribution >= 0.6 is 0 Å². The lowest BCUT2D eigenvalue weighted by Gasteiger charge is -2.45. The molecule has 4 saturated heterocycles. The highest BCUT2D eigenvalue weighted by atomic mass is 16.7. The van der Waals surface area contributed by atoms with Crippen molar-refractivity contribution in [3.05, 3.63) is 76.5 Å². The fourth-order valence-corrected chi connectivity index (χ4v) is 8.84. The molecule has 4 aromatic rings. The number of phenolic OH excluding ortho intramolecular Hbond substituents is 2. The Morgan fingerprint density at radius 2 is 1.09 bits per heavy atom. The number of methoxy groups -OCH3 is 1. The van der Waals surface area contributed by atoms with Gasteiger partial charge in [-0.1, -0.05) is 6.07 Å². The summed E-state index contributed by atoms with van der Waals surface area (Å²) >= 11 is 0. The van der Waals surface area contributed by atoms with Crippen LogP contribution in [0.5, 0.6) is 34.5 Å². The van der Waals surface area contributed by atoms with E-state index in [1.807, 2.05) is 0 Å². The van der Waals surface area contributed by atoms with Crippen LogP contribution in [0.15, 0.2) is 69.9 Å². The molecule has 0 spiro atoms. The lowest BCUT2D eigenvalue weighted by Crippen LogP contribution is -2.65. The number of ether oxygens (including phenoxy) is 10. The summed E-state index contributed by atoms with van der Waals surface area (Å²) in [7, 11) is 1.32. The van der Waals surface area contributed by atoms with Crippen LogP contribution in [0.4, 0.5) is 0 Å². The fraction of sp³-hybridized carbons (Fsp3) is 0.510. The molecule has 3 aromatic carbocycles. The summed E-state index contributed by atoms with van der Waals surface area (Å²) in [5.41, 5.74) is -1.28. The van der Waals surface area contributed by atoms with E-state index in [0.717, 1.165) is 18.2 Å². The van der Waals surface area contributed by atoms with Gasteiger partial charge in [-0.3, -0.25) is 4.79 Å². The second-order valence-corrected chi connectivity index (χ2v) is 18.4. The van der Waals surface area contributed by atoms with E-state index < -0.39 is 195 Å². The van der Waals surface area contributed by atoms with Gasteiger partial charge in [-0.05, 0) is 48.0 Å². The highest BCUT2D eigenvalue weighted by molar-refractivity contribution is 5.88. The van der Waals surface area contributed by atoms with E-state index in [-0.39, 0.29) is 22.8 Å². The predicted octanol–water partition coefficient (Wildman–Crippen LogP) is -5.50. The van der Waals surface area contributed by atoms with E-state index in [1.165, 1.54) is 55.7 Å². The van der Waals surface area contributed by atoms with Crippen molar-refractivity contribution in [2.75, 3.05) is 33.5 Å². The number of aliphatic hydroxyl groups is 14. The first-order valence-corrected chi connectivity index (χ1v) is 23.9. The molecule has 0 aliphatic carbocycles. The van der Waals surface area contributed by atoms with E-state index in [1.54, 1.807) is 0 Å². The van der Waals surface area contributed by atoms with Crippen molar-refractivity contribution in [3.8, 4) is 45.8 Å². The molecule has 0 saturated carbocycles. The highest BCUT2D eigenvalue weighted by Gasteiger charge is 2.52. The van der Waals surface area contributed by atoms with Crippen LogP contribution in [-0.2, 0) is 33.2 Å². The van der Waals surface area contributed by atoms with Crippen molar-refractivity contribution < 1.29 is 138 Å². The van der Waals surface area contributed by atoms with Crippen molar-refractivity contribution in [3.63, 3.8) is 0 Å². The summed E-state index contributed by atoms with van der Waals surface area (Å²) in [5.74, 6) is -3.67. The zero-order valence-electron chi connectivity index (χ0n) is 40.7. The molecule has 0 amide bonds. The number of hydrogen-bond donors (Lipinski definition) is 16. The Bertz CT molecular complexity index is 2770. The molecule has 0 radical (unpaired) electrons. The van der Waals surface area contributed by atoms with Gasteiger partial charge in [0, 0.05) is 23.8 Å². The first-order chi connectivity index (χ1) is 37.2. The van der Waals surface area contributed by atoms with Crippen molar-refractivity contribution >= 4 is 23.0 Å². The third-order valence-electron chi connectivity index (χ3n) is 13.2. The summed E-state index contributed by atoms with van der Waals surface area (Å²) in [6.45, 7) is -3.27. The van der Waals surface area contributed by atoms with Crippen molar-refractivity contribution in [2.24, 2.45) is 0 Å². The molecule has 20 atom stereocenters. The van der Waals surface area contributed by atoms with Crippen LogP contribution in [-0.4, -0.2) is 244 Å². The zero-order valence-corrected chi connectivity index (χ0v) is 40.7. The molecule has 0 bridgehead atoms. The molecular weight excluding hydrogens is 1050 g/mol. The van der Waals surface area contributed by atoms with Crippen molar-refractivity contribution in [2.45, 2.75) is 123 Å². The summed E-state index contributed by atoms with van der Waals surface area (Å²) < 4.78 is 61.7. The van der Waals surface area contributed by atoms with E-state index >= 15 is 0 Å². The SMILES string of the molecule is COc1cc(C=CC(=O)OCC2OC(Oc3c(-c4ccc(OC5OC(CO)C(O)C(O)C5O)cc4)oc4cc(OC5OC(CO)C(OC6OC(CO)C(O)C(O)C6O)C(O)C5O)cc(O)c4c3=O)C(O)C(O)C2O)ccc1O. The van der Waals surface area contributed by atoms with Crippen LogP contribution in [0.3, 0.4) is 0 Å². The predicted molar refractivity (Wildman–Crippen MR) is 253 cm³/mol. The Hall–Kier alpha value is -5.88. The van der Waals surface area contributed by atoms with Crippen LogP contribution in [0.2, 0.25) is 0 Å². The largest absolute Gasteiger partial charge is 0.507 e. The maximum Gasteiger partial charge on any atom is 0.330 e. The third kappa shape index (κ3) is 12.0. The van der Waals surface area contributed by atoms with Gasteiger partial charge in [0.05, 0.1) is 26.9 Å². The number of benzene rings is 3. The highest BCUT2D eigenvalue weighted by Crippen LogP contribution is 2.40. The molecule has 20 unspecified atom stereocenters. The number of carbonyl (C=O) groups is 1. The van der Waals surface area contributed by atoms with Gasteiger partial charge in [0.1, 0.15) is 132 Å². The second-order valence-electron chi connectivity index (χ2n) is 18.4. The monoisotopic (exact) mass is 1110 g/mol. The van der Waals surface area contributed by atoms with Crippen LogP contribution in [0.1, 0.15) is 5.56 Å². The molecule has 29 nitrogen and oxygen atoms in total. The van der Waals surface area contributed by atoms with Gasteiger partial charge >= 0.3 is 5.97 Å². The number of carbonyl (C=O) groups excluding carboxylic acids is 1. The number of aromatic hydroxyl groups is 2. The number of phenols is 2. The molecular formula is C49H58O29. The van der Waals surface area contributed by atoms with Crippen molar-refractivity contribution in [1.29, 1.82) is 0 Å². The average Bonchev–Trinajstić information content (AvgIpc) is 3.47. The number of fused-ring (bicyclic) bond motifs is 1. The van der Waals surface area contributed by atoms with Crippen molar-refractivity contribution in [1.82, 2.24) is 0 Å². The second kappa shape index (κ2) is 24.6. The van der Waals surface area contributed by atoms with Gasteiger partial charge in [0.2, 0.25) is 30.0 Å². The van der Waals surface area contributed by atoms with Crippen LogP contribution in [0.25, 0.3) is 28.4 Å². The normalized spacial score (nSPS) is 35.3. The van der Waals surface area contributed by atoms with Gasteiger partial charge in [-0.2, -0.15) is 0 Å². The molecule has 8 rings (SSSR count). The molecule has 428 valence electrons. The molecule has 1 aromatic heterocycles. The minimum atomic E-state index is -2.12. The van der Waals surface area contributed by atoms with E-state index in [0.29, 0.717) is 5.56 Å².